The van der Waals surface area contributed by atoms with Crippen LogP contribution < -0.4 is 15.8 Å². The van der Waals surface area contributed by atoms with Gasteiger partial charge in [0.1, 0.15) is 5.75 Å². The molecule has 5 nitrogen and oxygen atoms in total. The van der Waals surface area contributed by atoms with Crippen molar-refractivity contribution in [1.82, 2.24) is 0 Å². The second kappa shape index (κ2) is 6.56. The zero-order valence-corrected chi connectivity index (χ0v) is 11.4. The number of carbonyl (C=O) groups excluding carboxylic acids is 1. The van der Waals surface area contributed by atoms with E-state index in [4.69, 9.17) is 10.5 Å². The van der Waals surface area contributed by atoms with Crippen LogP contribution in [0, 0.1) is 0 Å². The van der Waals surface area contributed by atoms with Crippen molar-refractivity contribution in [2.45, 2.75) is 18.9 Å². The zero-order chi connectivity index (χ0) is 13.7. The summed E-state index contributed by atoms with van der Waals surface area (Å²) >= 11 is 0. The van der Waals surface area contributed by atoms with Crippen LogP contribution in [-0.4, -0.2) is 34.3 Å². The lowest BCUT2D eigenvalue weighted by Crippen LogP contribution is -2.29. The minimum atomic E-state index is -0.634. The summed E-state index contributed by atoms with van der Waals surface area (Å²) in [5.41, 5.74) is 6.01. The Labute approximate surface area is 115 Å². The van der Waals surface area contributed by atoms with E-state index in [0.29, 0.717) is 11.8 Å². The second-order valence-corrected chi connectivity index (χ2v) is 6.24. The summed E-state index contributed by atoms with van der Waals surface area (Å²) in [6.45, 7) is -0.110. The molecule has 1 fully saturated rings. The lowest BCUT2D eigenvalue weighted by atomic mass is 10.1. The van der Waals surface area contributed by atoms with Crippen molar-refractivity contribution in [2.75, 3.05) is 23.4 Å². The second-order valence-electron chi connectivity index (χ2n) is 4.55. The third kappa shape index (κ3) is 4.55. The number of hydrogen-bond acceptors (Lipinski definition) is 4. The standard InChI is InChI=1S/C13H18N2O3S/c14-13(16)9-18-12-3-1-10(2-4-12)15-11-5-7-19(17)8-6-11/h1-4,11,15H,5-9H2,(H2,14,16). The van der Waals surface area contributed by atoms with Gasteiger partial charge in [0.05, 0.1) is 0 Å². The Morgan fingerprint density at radius 3 is 2.53 bits per heavy atom. The number of ether oxygens (including phenoxy) is 1. The normalized spacial score (nSPS) is 22.7. The van der Waals surface area contributed by atoms with E-state index in [9.17, 15) is 9.00 Å². The Balaban J connectivity index is 1.84. The molecular formula is C13H18N2O3S. The highest BCUT2D eigenvalue weighted by atomic mass is 32.2. The van der Waals surface area contributed by atoms with Gasteiger partial charge in [-0.05, 0) is 37.1 Å². The first-order valence-corrected chi connectivity index (χ1v) is 7.75. The molecule has 19 heavy (non-hydrogen) atoms. The molecule has 1 aromatic rings. The Bertz CT molecular complexity index is 451. The van der Waals surface area contributed by atoms with E-state index in [1.165, 1.54) is 0 Å². The van der Waals surface area contributed by atoms with Gasteiger partial charge in [0.25, 0.3) is 5.91 Å². The number of carbonyl (C=O) groups is 1. The molecule has 0 unspecified atom stereocenters. The van der Waals surface area contributed by atoms with Crippen LogP contribution in [0.4, 0.5) is 5.69 Å². The summed E-state index contributed by atoms with van der Waals surface area (Å²) in [7, 11) is -0.634. The molecule has 104 valence electrons. The van der Waals surface area contributed by atoms with Crippen LogP contribution in [0.3, 0.4) is 0 Å². The molecule has 3 N–H and O–H groups in total. The van der Waals surface area contributed by atoms with Gasteiger partial charge in [-0.15, -0.1) is 0 Å². The maximum absolute atomic E-state index is 11.3. The van der Waals surface area contributed by atoms with Crippen LogP contribution in [0.5, 0.6) is 5.75 Å². The van der Waals surface area contributed by atoms with Crippen molar-refractivity contribution in [2.24, 2.45) is 5.73 Å². The maximum atomic E-state index is 11.3. The van der Waals surface area contributed by atoms with Crippen LogP contribution in [-0.2, 0) is 15.6 Å². The average Bonchev–Trinajstić information content (AvgIpc) is 2.40. The van der Waals surface area contributed by atoms with Crippen molar-refractivity contribution < 1.29 is 13.7 Å². The number of benzene rings is 1. The first-order chi connectivity index (χ1) is 9.13. The Hall–Kier alpha value is -1.56. The number of anilines is 1. The molecule has 0 aliphatic carbocycles. The van der Waals surface area contributed by atoms with Crippen LogP contribution in [0.15, 0.2) is 24.3 Å². The van der Waals surface area contributed by atoms with Crippen molar-refractivity contribution in [3.8, 4) is 5.75 Å². The lowest BCUT2D eigenvalue weighted by Gasteiger charge is -2.23. The molecule has 0 atom stereocenters. The number of hydrogen-bond donors (Lipinski definition) is 2. The molecule has 1 heterocycles. The van der Waals surface area contributed by atoms with Crippen molar-refractivity contribution >= 4 is 22.4 Å². The van der Waals surface area contributed by atoms with E-state index in [1.54, 1.807) is 12.1 Å². The van der Waals surface area contributed by atoms with Crippen molar-refractivity contribution in [1.29, 1.82) is 0 Å². The predicted molar refractivity (Wildman–Crippen MR) is 75.7 cm³/mol. The largest absolute Gasteiger partial charge is 0.484 e. The van der Waals surface area contributed by atoms with E-state index in [1.807, 2.05) is 12.1 Å². The summed E-state index contributed by atoms with van der Waals surface area (Å²) in [4.78, 5) is 10.6. The number of primary amides is 1. The third-order valence-corrected chi connectivity index (χ3v) is 4.38. The molecule has 1 saturated heterocycles. The fourth-order valence-corrected chi connectivity index (χ4v) is 3.27. The SMILES string of the molecule is NC(=O)COc1ccc(NC2CCS(=O)CC2)cc1. The highest BCUT2D eigenvalue weighted by Gasteiger charge is 2.17. The summed E-state index contributed by atoms with van der Waals surface area (Å²) in [6, 6.07) is 7.79. The minimum Gasteiger partial charge on any atom is -0.484 e. The van der Waals surface area contributed by atoms with Crippen molar-refractivity contribution in [3.63, 3.8) is 0 Å². The van der Waals surface area contributed by atoms with Gasteiger partial charge in [-0.3, -0.25) is 9.00 Å². The lowest BCUT2D eigenvalue weighted by molar-refractivity contribution is -0.119. The van der Waals surface area contributed by atoms with Crippen LogP contribution >= 0.6 is 0 Å². The summed E-state index contributed by atoms with van der Waals surface area (Å²) in [5, 5.41) is 3.41. The van der Waals surface area contributed by atoms with Crippen LogP contribution in [0.25, 0.3) is 0 Å². The van der Waals surface area contributed by atoms with Gasteiger partial charge in [0, 0.05) is 34.0 Å². The fraction of sp³-hybridized carbons (Fsp3) is 0.462. The van der Waals surface area contributed by atoms with Gasteiger partial charge in [-0.25, -0.2) is 0 Å². The van der Waals surface area contributed by atoms with E-state index in [2.05, 4.69) is 5.32 Å². The molecule has 1 aliphatic heterocycles. The van der Waals surface area contributed by atoms with Gasteiger partial charge in [0.2, 0.25) is 0 Å². The first-order valence-electron chi connectivity index (χ1n) is 6.26. The Kier molecular flexibility index (Phi) is 4.79. The number of nitrogens with two attached hydrogens (primary N) is 1. The molecule has 1 aromatic carbocycles. The molecule has 0 bridgehead atoms. The van der Waals surface area contributed by atoms with Gasteiger partial charge in [0.15, 0.2) is 6.61 Å². The molecule has 1 aliphatic rings. The average molecular weight is 282 g/mol. The molecule has 0 saturated carbocycles. The van der Waals surface area contributed by atoms with E-state index in [-0.39, 0.29) is 6.61 Å². The number of nitrogens with one attached hydrogen (secondary N) is 1. The maximum Gasteiger partial charge on any atom is 0.255 e. The first kappa shape index (κ1) is 13.9. The fourth-order valence-electron chi connectivity index (χ4n) is 1.98. The summed E-state index contributed by atoms with van der Waals surface area (Å²) < 4.78 is 16.4. The third-order valence-electron chi connectivity index (χ3n) is 2.99. The molecule has 0 spiro atoms. The molecule has 1 amide bonds. The topological polar surface area (TPSA) is 81.4 Å². The molecule has 6 heteroatoms. The molecule has 0 radical (unpaired) electrons. The van der Waals surface area contributed by atoms with E-state index < -0.39 is 16.7 Å². The summed E-state index contributed by atoms with van der Waals surface area (Å²) in [5.74, 6) is 1.68. The molecule has 0 aromatic heterocycles. The van der Waals surface area contributed by atoms with Crippen LogP contribution in [0.2, 0.25) is 0 Å². The Morgan fingerprint density at radius 1 is 1.32 bits per heavy atom. The minimum absolute atomic E-state index is 0.110. The van der Waals surface area contributed by atoms with Gasteiger partial charge in [-0.2, -0.15) is 0 Å². The quantitative estimate of drug-likeness (QED) is 0.840. The highest BCUT2D eigenvalue weighted by Crippen LogP contribution is 2.19. The van der Waals surface area contributed by atoms with Crippen molar-refractivity contribution in [3.05, 3.63) is 24.3 Å². The summed E-state index contributed by atoms with van der Waals surface area (Å²) in [6.07, 6.45) is 1.87. The number of amides is 1. The number of rotatable bonds is 5. The van der Waals surface area contributed by atoms with Gasteiger partial charge in [-0.1, -0.05) is 0 Å². The Morgan fingerprint density at radius 2 is 1.95 bits per heavy atom. The van der Waals surface area contributed by atoms with Gasteiger partial charge < -0.3 is 15.8 Å². The molecule has 2 rings (SSSR count). The van der Waals surface area contributed by atoms with E-state index >= 15 is 0 Å². The van der Waals surface area contributed by atoms with E-state index in [0.717, 1.165) is 30.0 Å². The zero-order valence-electron chi connectivity index (χ0n) is 10.6. The monoisotopic (exact) mass is 282 g/mol. The molecular weight excluding hydrogens is 264 g/mol. The highest BCUT2D eigenvalue weighted by molar-refractivity contribution is 7.85. The smallest absolute Gasteiger partial charge is 0.255 e. The van der Waals surface area contributed by atoms with Gasteiger partial charge >= 0.3 is 0 Å². The predicted octanol–water partition coefficient (Wildman–Crippen LogP) is 0.874. The van der Waals surface area contributed by atoms with Crippen LogP contribution in [0.1, 0.15) is 12.8 Å².